The standard InChI is InChI=1S/C21H26N2O2/c1-14(2)13-25-19-12-8-6-10-17(19)20-22-18-11-7-5-9-16(18)21(24)23(20)15(3)4/h5-12,14-15,20,22H,13H2,1-4H3. The van der Waals surface area contributed by atoms with E-state index in [4.69, 9.17) is 4.74 Å². The summed E-state index contributed by atoms with van der Waals surface area (Å²) in [5.41, 5.74) is 2.57. The van der Waals surface area contributed by atoms with E-state index in [2.05, 4.69) is 19.2 Å². The second-order valence-corrected chi connectivity index (χ2v) is 7.14. The Hall–Kier alpha value is -2.49. The molecule has 0 fully saturated rings. The number of fused-ring (bicyclic) bond motifs is 1. The van der Waals surface area contributed by atoms with E-state index in [1.165, 1.54) is 0 Å². The summed E-state index contributed by atoms with van der Waals surface area (Å²) in [5, 5.41) is 3.53. The van der Waals surface area contributed by atoms with Gasteiger partial charge in [0, 0.05) is 17.3 Å². The van der Waals surface area contributed by atoms with Crippen molar-refractivity contribution in [3.8, 4) is 5.75 Å². The maximum atomic E-state index is 13.1. The third-order valence-corrected chi connectivity index (χ3v) is 4.30. The smallest absolute Gasteiger partial charge is 0.258 e. The molecule has 0 aromatic heterocycles. The molecule has 1 unspecified atom stereocenters. The molecule has 25 heavy (non-hydrogen) atoms. The van der Waals surface area contributed by atoms with E-state index in [9.17, 15) is 4.79 Å². The van der Waals surface area contributed by atoms with Crippen LogP contribution in [0.3, 0.4) is 0 Å². The van der Waals surface area contributed by atoms with Gasteiger partial charge in [-0.25, -0.2) is 0 Å². The molecule has 4 heteroatoms. The Kier molecular flexibility index (Phi) is 4.98. The van der Waals surface area contributed by atoms with Crippen molar-refractivity contribution in [3.05, 3.63) is 59.7 Å². The molecule has 1 heterocycles. The summed E-state index contributed by atoms with van der Waals surface area (Å²) in [5.74, 6) is 1.32. The lowest BCUT2D eigenvalue weighted by Gasteiger charge is -2.41. The van der Waals surface area contributed by atoms with Crippen LogP contribution in [0.4, 0.5) is 5.69 Å². The first-order valence-corrected chi connectivity index (χ1v) is 8.89. The lowest BCUT2D eigenvalue weighted by Crippen LogP contribution is -2.46. The number of carbonyl (C=O) groups is 1. The SMILES string of the molecule is CC(C)COc1ccccc1C1Nc2ccccc2C(=O)N1C(C)C. The summed E-state index contributed by atoms with van der Waals surface area (Å²) < 4.78 is 6.03. The molecule has 132 valence electrons. The molecule has 0 spiro atoms. The average Bonchev–Trinajstić information content (AvgIpc) is 2.59. The summed E-state index contributed by atoms with van der Waals surface area (Å²) in [6, 6.07) is 15.7. The van der Waals surface area contributed by atoms with Crippen LogP contribution in [0.25, 0.3) is 0 Å². The van der Waals surface area contributed by atoms with Crippen LogP contribution in [0.15, 0.2) is 48.5 Å². The molecule has 0 saturated carbocycles. The van der Waals surface area contributed by atoms with Gasteiger partial charge >= 0.3 is 0 Å². The van der Waals surface area contributed by atoms with Gasteiger partial charge in [0.25, 0.3) is 5.91 Å². The Morgan fingerprint density at radius 3 is 2.44 bits per heavy atom. The highest BCUT2D eigenvalue weighted by Crippen LogP contribution is 2.37. The number of para-hydroxylation sites is 2. The number of hydrogen-bond donors (Lipinski definition) is 1. The summed E-state index contributed by atoms with van der Waals surface area (Å²) in [7, 11) is 0. The van der Waals surface area contributed by atoms with Gasteiger partial charge in [-0.3, -0.25) is 4.79 Å². The van der Waals surface area contributed by atoms with Crippen molar-refractivity contribution in [2.45, 2.75) is 39.9 Å². The monoisotopic (exact) mass is 338 g/mol. The molecule has 0 saturated heterocycles. The van der Waals surface area contributed by atoms with Crippen molar-refractivity contribution in [2.75, 3.05) is 11.9 Å². The fourth-order valence-corrected chi connectivity index (χ4v) is 3.12. The molecule has 1 atom stereocenters. The van der Waals surface area contributed by atoms with Gasteiger partial charge in [-0.1, -0.05) is 44.2 Å². The average molecular weight is 338 g/mol. The molecule has 2 aromatic carbocycles. The molecule has 1 aliphatic heterocycles. The molecule has 0 bridgehead atoms. The molecule has 4 nitrogen and oxygen atoms in total. The summed E-state index contributed by atoms with van der Waals surface area (Å²) >= 11 is 0. The molecule has 1 aliphatic rings. The minimum absolute atomic E-state index is 0.0491. The topological polar surface area (TPSA) is 41.6 Å². The third kappa shape index (κ3) is 3.48. The quantitative estimate of drug-likeness (QED) is 0.859. The molecule has 0 aliphatic carbocycles. The first-order valence-electron chi connectivity index (χ1n) is 8.89. The molecule has 2 aromatic rings. The zero-order valence-corrected chi connectivity index (χ0v) is 15.3. The van der Waals surface area contributed by atoms with Gasteiger partial charge in [0.1, 0.15) is 11.9 Å². The zero-order chi connectivity index (χ0) is 18.0. The van der Waals surface area contributed by atoms with Crippen LogP contribution in [0, 0.1) is 5.92 Å². The number of benzene rings is 2. The van der Waals surface area contributed by atoms with Crippen molar-refractivity contribution in [3.63, 3.8) is 0 Å². The normalized spacial score (nSPS) is 16.8. The summed E-state index contributed by atoms with van der Waals surface area (Å²) in [4.78, 5) is 15.0. The van der Waals surface area contributed by atoms with Gasteiger partial charge in [-0.2, -0.15) is 0 Å². The molecular formula is C21H26N2O2. The van der Waals surface area contributed by atoms with Crippen molar-refractivity contribution in [1.29, 1.82) is 0 Å². The Balaban J connectivity index is 2.02. The van der Waals surface area contributed by atoms with Crippen LogP contribution in [0.5, 0.6) is 5.75 Å². The van der Waals surface area contributed by atoms with Gasteiger partial charge in [0.2, 0.25) is 0 Å². The highest BCUT2D eigenvalue weighted by molar-refractivity contribution is 6.01. The lowest BCUT2D eigenvalue weighted by molar-refractivity contribution is 0.0613. The minimum atomic E-state index is -0.245. The predicted octanol–water partition coefficient (Wildman–Crippen LogP) is 4.70. The number of carbonyl (C=O) groups excluding carboxylic acids is 1. The van der Waals surface area contributed by atoms with E-state index in [0.717, 1.165) is 17.0 Å². The first kappa shape index (κ1) is 17.3. The maximum Gasteiger partial charge on any atom is 0.258 e. The lowest BCUT2D eigenvalue weighted by atomic mass is 10.0. The minimum Gasteiger partial charge on any atom is -0.493 e. The molecule has 3 rings (SSSR count). The van der Waals surface area contributed by atoms with E-state index in [0.29, 0.717) is 18.1 Å². The Morgan fingerprint density at radius 2 is 1.72 bits per heavy atom. The molecular weight excluding hydrogens is 312 g/mol. The van der Waals surface area contributed by atoms with E-state index in [-0.39, 0.29) is 18.1 Å². The fraction of sp³-hybridized carbons (Fsp3) is 0.381. The van der Waals surface area contributed by atoms with Crippen LogP contribution >= 0.6 is 0 Å². The van der Waals surface area contributed by atoms with Gasteiger partial charge in [0.15, 0.2) is 0 Å². The number of amides is 1. The van der Waals surface area contributed by atoms with Crippen LogP contribution in [0.1, 0.15) is 49.8 Å². The van der Waals surface area contributed by atoms with Gasteiger partial charge in [-0.15, -0.1) is 0 Å². The number of rotatable bonds is 5. The van der Waals surface area contributed by atoms with Crippen LogP contribution < -0.4 is 10.1 Å². The Bertz CT molecular complexity index is 755. The van der Waals surface area contributed by atoms with Gasteiger partial charge in [-0.05, 0) is 38.0 Å². The van der Waals surface area contributed by atoms with Gasteiger partial charge < -0.3 is 15.0 Å². The highest BCUT2D eigenvalue weighted by Gasteiger charge is 2.35. The summed E-state index contributed by atoms with van der Waals surface area (Å²) in [6.07, 6.45) is -0.245. The number of anilines is 1. The van der Waals surface area contributed by atoms with E-state index in [1.54, 1.807) is 0 Å². The Morgan fingerprint density at radius 1 is 1.04 bits per heavy atom. The first-order chi connectivity index (χ1) is 12.0. The summed E-state index contributed by atoms with van der Waals surface area (Å²) in [6.45, 7) is 8.98. The maximum absolute atomic E-state index is 13.1. The molecule has 1 amide bonds. The van der Waals surface area contributed by atoms with E-state index < -0.39 is 0 Å². The number of nitrogens with zero attached hydrogens (tertiary/aromatic N) is 1. The second kappa shape index (κ2) is 7.18. The van der Waals surface area contributed by atoms with Crippen molar-refractivity contribution >= 4 is 11.6 Å². The number of nitrogens with one attached hydrogen (secondary N) is 1. The van der Waals surface area contributed by atoms with Crippen molar-refractivity contribution in [2.24, 2.45) is 5.92 Å². The Labute approximate surface area is 149 Å². The molecule has 1 N–H and O–H groups in total. The van der Waals surface area contributed by atoms with Crippen LogP contribution in [-0.2, 0) is 0 Å². The second-order valence-electron chi connectivity index (χ2n) is 7.14. The van der Waals surface area contributed by atoms with Crippen LogP contribution in [0.2, 0.25) is 0 Å². The third-order valence-electron chi connectivity index (χ3n) is 4.30. The number of hydrogen-bond acceptors (Lipinski definition) is 3. The van der Waals surface area contributed by atoms with E-state index >= 15 is 0 Å². The van der Waals surface area contributed by atoms with E-state index in [1.807, 2.05) is 67.3 Å². The highest BCUT2D eigenvalue weighted by atomic mass is 16.5. The van der Waals surface area contributed by atoms with Gasteiger partial charge in [0.05, 0.1) is 12.2 Å². The van der Waals surface area contributed by atoms with Crippen molar-refractivity contribution < 1.29 is 9.53 Å². The zero-order valence-electron chi connectivity index (χ0n) is 15.3. The largest absolute Gasteiger partial charge is 0.493 e. The predicted molar refractivity (Wildman–Crippen MR) is 101 cm³/mol. The van der Waals surface area contributed by atoms with Crippen molar-refractivity contribution in [1.82, 2.24) is 4.90 Å². The number of ether oxygens (including phenoxy) is 1. The fourth-order valence-electron chi connectivity index (χ4n) is 3.12. The molecule has 0 radical (unpaired) electrons. The van der Waals surface area contributed by atoms with Crippen LogP contribution in [-0.4, -0.2) is 23.5 Å².